The zero-order valence-electron chi connectivity index (χ0n) is 21.9. The number of halogens is 2. The largest absolute Gasteiger partial charge is 0.493 e. The third-order valence-corrected chi connectivity index (χ3v) is 7.35. The lowest BCUT2D eigenvalue weighted by molar-refractivity contribution is 0.201. The number of aliphatic hydroxyl groups is 1. The van der Waals surface area contributed by atoms with Gasteiger partial charge in [-0.3, -0.25) is 4.57 Å². The fourth-order valence-corrected chi connectivity index (χ4v) is 5.20. The first-order chi connectivity index (χ1) is 19.3. The number of aliphatic hydroxyl groups excluding tert-OH is 1. The first-order valence-electron chi connectivity index (χ1n) is 12.7. The molecule has 0 amide bonds. The highest BCUT2D eigenvalue weighted by atomic mass is 79.9. The van der Waals surface area contributed by atoms with Crippen LogP contribution in [0.2, 0.25) is 0 Å². The summed E-state index contributed by atoms with van der Waals surface area (Å²) in [5.41, 5.74) is 2.60. The molecule has 0 aliphatic rings. The molecule has 0 unspecified atom stereocenters. The molecule has 0 radical (unpaired) electrons. The lowest BCUT2D eigenvalue weighted by Gasteiger charge is -2.24. The fraction of sp³-hybridized carbons (Fsp3) is 0.200. The zero-order valence-corrected chi connectivity index (χ0v) is 23.4. The minimum Gasteiger partial charge on any atom is -0.493 e. The highest BCUT2D eigenvalue weighted by Crippen LogP contribution is 2.39. The summed E-state index contributed by atoms with van der Waals surface area (Å²) >= 11 is 3.29. The number of imidazole rings is 2. The van der Waals surface area contributed by atoms with E-state index in [4.69, 9.17) is 14.8 Å². The molecule has 2 aromatic heterocycles. The van der Waals surface area contributed by atoms with Crippen LogP contribution in [0.25, 0.3) is 22.5 Å². The van der Waals surface area contributed by atoms with Crippen LogP contribution in [0.1, 0.15) is 36.0 Å². The quantitative estimate of drug-likeness (QED) is 0.166. The molecule has 8 nitrogen and oxygen atoms in total. The maximum atomic E-state index is 14.9. The summed E-state index contributed by atoms with van der Waals surface area (Å²) in [7, 11) is 0. The molecule has 0 fully saturated rings. The van der Waals surface area contributed by atoms with Crippen LogP contribution in [0.4, 0.5) is 4.39 Å². The van der Waals surface area contributed by atoms with Crippen LogP contribution in [-0.4, -0.2) is 42.9 Å². The van der Waals surface area contributed by atoms with Gasteiger partial charge in [-0.25, -0.2) is 14.2 Å². The Hall–Kier alpha value is -4.15. The Balaban J connectivity index is 1.62. The summed E-state index contributed by atoms with van der Waals surface area (Å²) in [4.78, 5) is 24.2. The van der Waals surface area contributed by atoms with Crippen LogP contribution >= 0.6 is 15.9 Å². The lowest BCUT2D eigenvalue weighted by Crippen LogP contribution is -2.27. The van der Waals surface area contributed by atoms with E-state index in [1.165, 1.54) is 10.6 Å². The van der Waals surface area contributed by atoms with Crippen LogP contribution in [0.3, 0.4) is 0 Å². The monoisotopic (exact) mass is 606 g/mol. The molecular formula is C30H28BrFN4O4. The number of H-pyrrole nitrogens is 2. The molecule has 5 rings (SSSR count). The molecule has 40 heavy (non-hydrogen) atoms. The average molecular weight is 607 g/mol. The van der Waals surface area contributed by atoms with E-state index >= 15 is 0 Å². The molecule has 5 aromatic rings. The molecule has 206 valence electrons. The van der Waals surface area contributed by atoms with Crippen LogP contribution in [0.15, 0.2) is 82.1 Å². The van der Waals surface area contributed by atoms with Crippen LogP contribution in [-0.2, 0) is 0 Å². The second-order valence-corrected chi connectivity index (χ2v) is 10.4. The van der Waals surface area contributed by atoms with E-state index in [1.807, 2.05) is 37.3 Å². The van der Waals surface area contributed by atoms with Crippen molar-refractivity contribution in [3.8, 4) is 34.1 Å². The first kappa shape index (κ1) is 27.4. The van der Waals surface area contributed by atoms with E-state index in [9.17, 15) is 14.3 Å². The van der Waals surface area contributed by atoms with Gasteiger partial charge in [-0.15, -0.1) is 0 Å². The normalized spacial score (nSPS) is 12.8. The lowest BCUT2D eigenvalue weighted by atomic mass is 9.92. The third-order valence-electron chi connectivity index (χ3n) is 6.85. The Labute approximate surface area is 238 Å². The molecule has 0 bridgehead atoms. The SMILES string of the molecule is Cc1[nH]c([C@H]([C@@H](C)c2ccccc2)n2c(O)c(-c3ccc(OCCO)cc3)[nH]c2=O)nc1-c1ccc(Br)cc1F. The van der Waals surface area contributed by atoms with E-state index in [-0.39, 0.29) is 30.7 Å². The van der Waals surface area contributed by atoms with Crippen molar-refractivity contribution in [3.05, 3.63) is 111 Å². The van der Waals surface area contributed by atoms with Gasteiger partial charge in [-0.2, -0.15) is 0 Å². The maximum absolute atomic E-state index is 14.9. The summed E-state index contributed by atoms with van der Waals surface area (Å²) in [6.07, 6.45) is 0. The summed E-state index contributed by atoms with van der Waals surface area (Å²) in [6, 6.07) is 20.4. The Morgan fingerprint density at radius 1 is 1.07 bits per heavy atom. The van der Waals surface area contributed by atoms with E-state index in [0.717, 1.165) is 5.56 Å². The summed E-state index contributed by atoms with van der Waals surface area (Å²) in [6.45, 7) is 3.79. The number of nitrogens with one attached hydrogen (secondary N) is 2. The molecule has 3 aromatic carbocycles. The molecular weight excluding hydrogens is 579 g/mol. The topological polar surface area (TPSA) is 116 Å². The van der Waals surface area contributed by atoms with Crippen molar-refractivity contribution in [2.45, 2.75) is 25.8 Å². The van der Waals surface area contributed by atoms with Crippen LogP contribution in [0, 0.1) is 12.7 Å². The van der Waals surface area contributed by atoms with Gasteiger partial charge >= 0.3 is 5.69 Å². The highest BCUT2D eigenvalue weighted by Gasteiger charge is 2.32. The van der Waals surface area contributed by atoms with Crippen LogP contribution < -0.4 is 10.4 Å². The number of ether oxygens (including phenoxy) is 1. The van der Waals surface area contributed by atoms with Crippen molar-refractivity contribution < 1.29 is 19.3 Å². The van der Waals surface area contributed by atoms with Crippen LogP contribution in [0.5, 0.6) is 11.6 Å². The molecule has 10 heteroatoms. The number of hydrogen-bond donors (Lipinski definition) is 4. The second kappa shape index (κ2) is 11.5. The predicted octanol–water partition coefficient (Wildman–Crippen LogP) is 5.91. The van der Waals surface area contributed by atoms with Gasteiger partial charge in [0.05, 0.1) is 12.3 Å². The first-order valence-corrected chi connectivity index (χ1v) is 13.5. The molecule has 2 atom stereocenters. The van der Waals surface area contributed by atoms with E-state index in [1.54, 1.807) is 43.3 Å². The standard InChI is InChI=1S/C30H28BrFN4O4/c1-17(19-6-4-3-5-7-19)27(28-33-18(2)25(34-28)23-13-10-21(31)16-24(23)32)36-29(38)26(35-30(36)39)20-8-11-22(12-9-20)40-15-14-37/h3-13,16-17,27,37-38H,14-15H2,1-2H3,(H,33,34)(H,35,39)/t17-,27-/m0/s1. The van der Waals surface area contributed by atoms with Gasteiger partial charge in [0.15, 0.2) is 0 Å². The average Bonchev–Trinajstić information content (AvgIpc) is 3.47. The minimum absolute atomic E-state index is 0.109. The van der Waals surface area contributed by atoms with Crippen molar-refractivity contribution in [1.82, 2.24) is 19.5 Å². The number of nitrogens with zero attached hydrogens (tertiary/aromatic N) is 2. The van der Waals surface area contributed by atoms with E-state index < -0.39 is 17.5 Å². The Kier molecular flexibility index (Phi) is 7.90. The molecule has 0 saturated carbocycles. The molecule has 2 heterocycles. The van der Waals surface area contributed by atoms with E-state index in [0.29, 0.717) is 38.6 Å². The number of aromatic hydroxyl groups is 1. The number of rotatable bonds is 9. The maximum Gasteiger partial charge on any atom is 0.329 e. The van der Waals surface area contributed by atoms with Gasteiger partial charge in [0, 0.05) is 27.2 Å². The van der Waals surface area contributed by atoms with Gasteiger partial charge in [0.2, 0.25) is 5.88 Å². The molecule has 0 saturated heterocycles. The van der Waals surface area contributed by atoms with Crippen molar-refractivity contribution in [2.24, 2.45) is 0 Å². The van der Waals surface area contributed by atoms with Crippen molar-refractivity contribution in [3.63, 3.8) is 0 Å². The van der Waals surface area contributed by atoms with Crippen molar-refractivity contribution in [2.75, 3.05) is 13.2 Å². The number of hydrogen-bond acceptors (Lipinski definition) is 5. The Bertz CT molecular complexity index is 1680. The van der Waals surface area contributed by atoms with Crippen molar-refractivity contribution >= 4 is 15.9 Å². The molecule has 0 aliphatic carbocycles. The van der Waals surface area contributed by atoms with Gasteiger partial charge in [-0.05, 0) is 55.0 Å². The molecule has 0 aliphatic heterocycles. The Morgan fingerprint density at radius 2 is 1.80 bits per heavy atom. The Morgan fingerprint density at radius 3 is 2.48 bits per heavy atom. The third kappa shape index (κ3) is 5.32. The molecule has 0 spiro atoms. The van der Waals surface area contributed by atoms with Crippen molar-refractivity contribution in [1.29, 1.82) is 0 Å². The summed E-state index contributed by atoms with van der Waals surface area (Å²) in [5, 5.41) is 20.4. The summed E-state index contributed by atoms with van der Waals surface area (Å²) in [5.74, 6) is -0.0445. The predicted molar refractivity (Wildman–Crippen MR) is 154 cm³/mol. The van der Waals surface area contributed by atoms with Gasteiger partial charge in [0.1, 0.15) is 35.7 Å². The zero-order chi connectivity index (χ0) is 28.4. The summed E-state index contributed by atoms with van der Waals surface area (Å²) < 4.78 is 22.2. The molecule has 4 N–H and O–H groups in total. The number of aryl methyl sites for hydroxylation is 1. The smallest absolute Gasteiger partial charge is 0.329 e. The number of benzene rings is 3. The number of aromatic nitrogens is 4. The number of aromatic amines is 2. The van der Waals surface area contributed by atoms with Gasteiger partial charge < -0.3 is 24.9 Å². The fourth-order valence-electron chi connectivity index (χ4n) is 4.87. The van der Waals surface area contributed by atoms with Gasteiger partial charge in [0.25, 0.3) is 0 Å². The highest BCUT2D eigenvalue weighted by molar-refractivity contribution is 9.10. The minimum atomic E-state index is -0.752. The van der Waals surface area contributed by atoms with E-state index in [2.05, 4.69) is 25.9 Å². The second-order valence-electron chi connectivity index (χ2n) is 9.46. The van der Waals surface area contributed by atoms with Gasteiger partial charge in [-0.1, -0.05) is 53.2 Å².